The highest BCUT2D eigenvalue weighted by molar-refractivity contribution is 7.89. The van der Waals surface area contributed by atoms with Gasteiger partial charge in [0.1, 0.15) is 0 Å². The first-order valence-electron chi connectivity index (χ1n) is 6.04. The maximum Gasteiger partial charge on any atom is 0.238 e. The number of aliphatic hydroxyl groups is 1. The second-order valence-electron chi connectivity index (χ2n) is 5.42. The molecule has 0 aliphatic rings. The van der Waals surface area contributed by atoms with Crippen molar-refractivity contribution in [3.63, 3.8) is 0 Å². The molecule has 0 bridgehead atoms. The van der Waals surface area contributed by atoms with E-state index in [1.54, 1.807) is 13.0 Å². The Hall–Kier alpha value is -1.35. The third-order valence-corrected chi connectivity index (χ3v) is 3.48. The Bertz CT molecular complexity index is 570. The monoisotopic (exact) mass is 302 g/mol. The highest BCUT2D eigenvalue weighted by Gasteiger charge is 2.21. The number of likely N-dealkylation sites (N-methyl/N-ethyl adjacent to an activating group) is 1. The van der Waals surface area contributed by atoms with Crippen LogP contribution in [0.1, 0.15) is 6.92 Å². The molecule has 114 valence electrons. The quantitative estimate of drug-likeness (QED) is 0.532. The largest absolute Gasteiger partial charge is 0.399 e. The van der Waals surface area contributed by atoms with Crippen molar-refractivity contribution >= 4 is 21.4 Å². The fraction of sp³-hybridized carbons (Fsp3) is 0.500. The number of nitrogen functional groups attached to an aromatic ring is 1. The smallest absolute Gasteiger partial charge is 0.238 e. The minimum Gasteiger partial charge on any atom is -0.399 e. The molecule has 1 aromatic rings. The second-order valence-corrected chi connectivity index (χ2v) is 6.99. The van der Waals surface area contributed by atoms with Crippen molar-refractivity contribution in [2.75, 3.05) is 38.2 Å². The lowest BCUT2D eigenvalue weighted by Crippen LogP contribution is -2.43. The number of nitrogens with two attached hydrogens (primary N) is 2. The minimum absolute atomic E-state index is 0.0627. The topological polar surface area (TPSA) is 122 Å². The lowest BCUT2D eigenvalue weighted by atomic mass is 10.1. The zero-order chi connectivity index (χ0) is 15.6. The van der Waals surface area contributed by atoms with E-state index in [4.69, 9.17) is 10.9 Å². The molecule has 0 radical (unpaired) electrons. The summed E-state index contributed by atoms with van der Waals surface area (Å²) >= 11 is 0. The van der Waals surface area contributed by atoms with Crippen LogP contribution in [0.3, 0.4) is 0 Å². The SMILES string of the molecule is CN(C)CC(C)(O)CNc1cc(N)cc(S(N)(=O)=O)c1. The molecule has 0 spiro atoms. The molecule has 1 unspecified atom stereocenters. The van der Waals surface area contributed by atoms with Gasteiger partial charge in [0.15, 0.2) is 0 Å². The third kappa shape index (κ3) is 5.33. The number of primary sulfonamides is 1. The lowest BCUT2D eigenvalue weighted by molar-refractivity contribution is 0.0460. The molecule has 8 heteroatoms. The molecule has 1 rings (SSSR count). The Balaban J connectivity index is 2.86. The highest BCUT2D eigenvalue weighted by atomic mass is 32.2. The van der Waals surface area contributed by atoms with Crippen molar-refractivity contribution in [1.82, 2.24) is 4.90 Å². The summed E-state index contributed by atoms with van der Waals surface area (Å²) in [6.45, 7) is 2.40. The van der Waals surface area contributed by atoms with Crippen LogP contribution in [0.5, 0.6) is 0 Å². The number of benzene rings is 1. The first-order valence-corrected chi connectivity index (χ1v) is 7.59. The summed E-state index contributed by atoms with van der Waals surface area (Å²) < 4.78 is 22.6. The van der Waals surface area contributed by atoms with Gasteiger partial charge in [-0.2, -0.15) is 0 Å². The van der Waals surface area contributed by atoms with Crippen LogP contribution in [0.2, 0.25) is 0 Å². The van der Waals surface area contributed by atoms with E-state index in [-0.39, 0.29) is 17.1 Å². The summed E-state index contributed by atoms with van der Waals surface area (Å²) in [5, 5.41) is 18.2. The molecule has 7 nitrogen and oxygen atoms in total. The molecule has 0 aromatic heterocycles. The van der Waals surface area contributed by atoms with E-state index >= 15 is 0 Å². The fourth-order valence-corrected chi connectivity index (χ4v) is 2.51. The van der Waals surface area contributed by atoms with Crippen LogP contribution in [-0.4, -0.2) is 51.2 Å². The van der Waals surface area contributed by atoms with Crippen molar-refractivity contribution in [3.8, 4) is 0 Å². The van der Waals surface area contributed by atoms with Crippen molar-refractivity contribution < 1.29 is 13.5 Å². The first kappa shape index (κ1) is 16.7. The standard InChI is InChI=1S/C12H22N4O3S/c1-12(17,8-16(2)3)7-15-10-4-9(13)5-11(6-10)20(14,18)19/h4-6,15,17H,7-8,13H2,1-3H3,(H2,14,18,19). The Morgan fingerprint density at radius 3 is 2.45 bits per heavy atom. The van der Waals surface area contributed by atoms with Gasteiger partial charge < -0.3 is 21.1 Å². The van der Waals surface area contributed by atoms with Gasteiger partial charge in [-0.1, -0.05) is 0 Å². The van der Waals surface area contributed by atoms with Gasteiger partial charge in [0, 0.05) is 24.5 Å². The van der Waals surface area contributed by atoms with Gasteiger partial charge in [0.05, 0.1) is 10.5 Å². The number of hydrogen-bond donors (Lipinski definition) is 4. The molecule has 0 saturated carbocycles. The predicted octanol–water partition coefficient (Wildman–Crippen LogP) is -0.359. The summed E-state index contributed by atoms with van der Waals surface area (Å²) in [5.74, 6) is 0. The van der Waals surface area contributed by atoms with E-state index in [0.717, 1.165) is 0 Å². The van der Waals surface area contributed by atoms with Gasteiger partial charge in [0.2, 0.25) is 10.0 Å². The van der Waals surface area contributed by atoms with Crippen LogP contribution in [0.4, 0.5) is 11.4 Å². The molecule has 1 aromatic carbocycles. The average molecular weight is 302 g/mol. The molecule has 6 N–H and O–H groups in total. The number of anilines is 2. The van der Waals surface area contributed by atoms with Crippen LogP contribution in [-0.2, 0) is 10.0 Å². The number of hydrogen-bond acceptors (Lipinski definition) is 6. The van der Waals surface area contributed by atoms with E-state index in [9.17, 15) is 13.5 Å². The van der Waals surface area contributed by atoms with Crippen molar-refractivity contribution in [1.29, 1.82) is 0 Å². The van der Waals surface area contributed by atoms with E-state index < -0.39 is 15.6 Å². The van der Waals surface area contributed by atoms with Gasteiger partial charge in [-0.3, -0.25) is 0 Å². The highest BCUT2D eigenvalue weighted by Crippen LogP contribution is 2.20. The summed E-state index contributed by atoms with van der Waals surface area (Å²) in [6, 6.07) is 4.26. The Labute approximate surface area is 119 Å². The van der Waals surface area contributed by atoms with Crippen molar-refractivity contribution in [3.05, 3.63) is 18.2 Å². The summed E-state index contributed by atoms with van der Waals surface area (Å²) in [4.78, 5) is 1.80. The summed E-state index contributed by atoms with van der Waals surface area (Å²) in [5.41, 5.74) is 5.46. The van der Waals surface area contributed by atoms with Crippen LogP contribution >= 0.6 is 0 Å². The molecular formula is C12H22N4O3S. The van der Waals surface area contributed by atoms with E-state index in [0.29, 0.717) is 12.2 Å². The Morgan fingerprint density at radius 2 is 1.95 bits per heavy atom. The molecule has 0 aliphatic heterocycles. The Morgan fingerprint density at radius 1 is 1.35 bits per heavy atom. The second kappa shape index (κ2) is 5.96. The van der Waals surface area contributed by atoms with Gasteiger partial charge in [-0.25, -0.2) is 13.6 Å². The van der Waals surface area contributed by atoms with E-state index in [1.807, 2.05) is 19.0 Å². The third-order valence-electron chi connectivity index (χ3n) is 2.59. The number of rotatable bonds is 6. The van der Waals surface area contributed by atoms with Crippen LogP contribution in [0.25, 0.3) is 0 Å². The molecule has 0 saturated heterocycles. The van der Waals surface area contributed by atoms with Gasteiger partial charge in [0.25, 0.3) is 0 Å². The predicted molar refractivity (Wildman–Crippen MR) is 79.9 cm³/mol. The molecule has 0 aliphatic carbocycles. The van der Waals surface area contributed by atoms with Gasteiger partial charge in [-0.05, 0) is 39.2 Å². The normalized spacial score (nSPS) is 15.1. The summed E-state index contributed by atoms with van der Waals surface area (Å²) in [7, 11) is -0.101. The maximum atomic E-state index is 11.3. The van der Waals surface area contributed by atoms with Crippen molar-refractivity contribution in [2.24, 2.45) is 5.14 Å². The lowest BCUT2D eigenvalue weighted by Gasteiger charge is -2.27. The zero-order valence-electron chi connectivity index (χ0n) is 11.9. The minimum atomic E-state index is -3.81. The molecule has 1 atom stereocenters. The number of sulfonamides is 1. The first-order chi connectivity index (χ1) is 8.99. The van der Waals surface area contributed by atoms with Gasteiger partial charge in [-0.15, -0.1) is 0 Å². The number of nitrogens with zero attached hydrogens (tertiary/aromatic N) is 1. The maximum absolute atomic E-state index is 11.3. The van der Waals surface area contributed by atoms with Crippen LogP contribution in [0, 0.1) is 0 Å². The fourth-order valence-electron chi connectivity index (χ4n) is 1.92. The van der Waals surface area contributed by atoms with Gasteiger partial charge >= 0.3 is 0 Å². The molecule has 20 heavy (non-hydrogen) atoms. The van der Waals surface area contributed by atoms with E-state index in [2.05, 4.69) is 5.32 Å². The molecule has 0 fully saturated rings. The summed E-state index contributed by atoms with van der Waals surface area (Å²) in [6.07, 6.45) is 0. The van der Waals surface area contributed by atoms with E-state index in [1.165, 1.54) is 12.1 Å². The molecular weight excluding hydrogens is 280 g/mol. The zero-order valence-corrected chi connectivity index (χ0v) is 12.7. The molecule has 0 amide bonds. The molecule has 0 heterocycles. The Kier molecular flexibility index (Phi) is 4.98. The average Bonchev–Trinajstić information content (AvgIpc) is 2.23. The number of nitrogens with one attached hydrogen (secondary N) is 1. The van der Waals surface area contributed by atoms with Crippen LogP contribution in [0.15, 0.2) is 23.1 Å². The van der Waals surface area contributed by atoms with Crippen molar-refractivity contribution in [2.45, 2.75) is 17.4 Å². The van der Waals surface area contributed by atoms with Crippen LogP contribution < -0.4 is 16.2 Å².